The number of rotatable bonds is 4. The molecule has 0 bridgehead atoms. The molecule has 1 aliphatic rings. The Morgan fingerprint density at radius 1 is 1.67 bits per heavy atom. The molecule has 0 saturated carbocycles. The van der Waals surface area contributed by atoms with Crippen molar-refractivity contribution in [2.45, 2.75) is 26.8 Å². The molecule has 1 saturated heterocycles. The second-order valence-corrected chi connectivity index (χ2v) is 4.20. The van der Waals surface area contributed by atoms with E-state index in [1.54, 1.807) is 0 Å². The van der Waals surface area contributed by atoms with Gasteiger partial charge in [-0.15, -0.1) is 0 Å². The second-order valence-electron chi connectivity index (χ2n) is 4.20. The van der Waals surface area contributed by atoms with Gasteiger partial charge in [-0.1, -0.05) is 6.92 Å². The van der Waals surface area contributed by atoms with Gasteiger partial charge in [-0.25, -0.2) is 0 Å². The van der Waals surface area contributed by atoms with Crippen molar-refractivity contribution in [1.29, 1.82) is 0 Å². The minimum Gasteiger partial charge on any atom is -0.466 e. The Balaban J connectivity index is 2.35. The number of hydrogen-bond acceptors (Lipinski definition) is 4. The standard InChI is InChI=1S/C11H22N2O2/c1-4-15-11(14)9(2)8-13-6-5-12-7-10(13)3/h9-10,12H,4-8H2,1-3H3/t9?,10-/m1/s1. The van der Waals surface area contributed by atoms with Crippen molar-refractivity contribution in [3.8, 4) is 0 Å². The highest BCUT2D eigenvalue weighted by Crippen LogP contribution is 2.08. The minimum atomic E-state index is -0.0803. The predicted octanol–water partition coefficient (Wildman–Crippen LogP) is 0.479. The lowest BCUT2D eigenvalue weighted by atomic mass is 10.1. The van der Waals surface area contributed by atoms with Gasteiger partial charge < -0.3 is 10.1 Å². The highest BCUT2D eigenvalue weighted by molar-refractivity contribution is 5.72. The van der Waals surface area contributed by atoms with Crippen LogP contribution >= 0.6 is 0 Å². The molecule has 1 aliphatic heterocycles. The van der Waals surface area contributed by atoms with Crippen molar-refractivity contribution in [2.75, 3.05) is 32.8 Å². The number of carbonyl (C=O) groups excluding carboxylic acids is 1. The van der Waals surface area contributed by atoms with Gasteiger partial charge in [-0.05, 0) is 13.8 Å². The summed E-state index contributed by atoms with van der Waals surface area (Å²) in [5.41, 5.74) is 0. The highest BCUT2D eigenvalue weighted by Gasteiger charge is 2.23. The molecule has 0 amide bonds. The first-order chi connectivity index (χ1) is 7.15. The van der Waals surface area contributed by atoms with Crippen LogP contribution in [0.3, 0.4) is 0 Å². The second kappa shape index (κ2) is 6.08. The van der Waals surface area contributed by atoms with Crippen LogP contribution in [-0.4, -0.2) is 49.7 Å². The van der Waals surface area contributed by atoms with E-state index in [9.17, 15) is 4.79 Å². The first-order valence-electron chi connectivity index (χ1n) is 5.76. The zero-order chi connectivity index (χ0) is 11.3. The smallest absolute Gasteiger partial charge is 0.309 e. The van der Waals surface area contributed by atoms with Gasteiger partial charge in [0.1, 0.15) is 0 Å². The molecule has 1 heterocycles. The van der Waals surface area contributed by atoms with Crippen molar-refractivity contribution < 1.29 is 9.53 Å². The summed E-state index contributed by atoms with van der Waals surface area (Å²) >= 11 is 0. The summed E-state index contributed by atoms with van der Waals surface area (Å²) in [6, 6.07) is 0.510. The third-order valence-electron chi connectivity index (χ3n) is 2.84. The normalized spacial score (nSPS) is 24.9. The molecule has 88 valence electrons. The fraction of sp³-hybridized carbons (Fsp3) is 0.909. The van der Waals surface area contributed by atoms with E-state index in [-0.39, 0.29) is 11.9 Å². The summed E-state index contributed by atoms with van der Waals surface area (Å²) in [5, 5.41) is 3.33. The molecule has 1 N–H and O–H groups in total. The molecule has 0 aromatic carbocycles. The summed E-state index contributed by atoms with van der Waals surface area (Å²) in [6.07, 6.45) is 0. The molecule has 15 heavy (non-hydrogen) atoms. The lowest BCUT2D eigenvalue weighted by Crippen LogP contribution is -2.51. The molecular formula is C11H22N2O2. The molecule has 0 aromatic heterocycles. The number of ether oxygens (including phenoxy) is 1. The molecule has 0 aliphatic carbocycles. The lowest BCUT2D eigenvalue weighted by Gasteiger charge is -2.35. The first-order valence-corrected chi connectivity index (χ1v) is 5.76. The van der Waals surface area contributed by atoms with Crippen LogP contribution in [0, 0.1) is 5.92 Å². The summed E-state index contributed by atoms with van der Waals surface area (Å²) in [5.74, 6) is -0.103. The van der Waals surface area contributed by atoms with Gasteiger partial charge in [0.05, 0.1) is 12.5 Å². The average Bonchev–Trinajstić information content (AvgIpc) is 2.21. The minimum absolute atomic E-state index is 0.0227. The molecule has 4 heteroatoms. The SMILES string of the molecule is CCOC(=O)C(C)CN1CCNC[C@H]1C. The fourth-order valence-electron chi connectivity index (χ4n) is 1.87. The van der Waals surface area contributed by atoms with Crippen molar-refractivity contribution in [3.05, 3.63) is 0 Å². The summed E-state index contributed by atoms with van der Waals surface area (Å²) in [7, 11) is 0. The predicted molar refractivity (Wildman–Crippen MR) is 59.7 cm³/mol. The Morgan fingerprint density at radius 3 is 3.00 bits per heavy atom. The van der Waals surface area contributed by atoms with Crippen molar-refractivity contribution >= 4 is 5.97 Å². The molecule has 1 rings (SSSR count). The van der Waals surface area contributed by atoms with Gasteiger partial charge in [0, 0.05) is 32.2 Å². The summed E-state index contributed by atoms with van der Waals surface area (Å²) in [6.45, 7) is 10.3. The van der Waals surface area contributed by atoms with E-state index in [1.807, 2.05) is 13.8 Å². The van der Waals surface area contributed by atoms with E-state index in [0.29, 0.717) is 12.6 Å². The molecule has 1 unspecified atom stereocenters. The number of nitrogens with one attached hydrogen (secondary N) is 1. The first kappa shape index (κ1) is 12.5. The molecular weight excluding hydrogens is 192 g/mol. The van der Waals surface area contributed by atoms with Crippen molar-refractivity contribution in [1.82, 2.24) is 10.2 Å². The van der Waals surface area contributed by atoms with E-state index < -0.39 is 0 Å². The van der Waals surface area contributed by atoms with Gasteiger partial charge in [0.2, 0.25) is 0 Å². The zero-order valence-corrected chi connectivity index (χ0v) is 9.95. The molecule has 0 aromatic rings. The molecule has 4 nitrogen and oxygen atoms in total. The maximum Gasteiger partial charge on any atom is 0.309 e. The maximum atomic E-state index is 11.5. The van der Waals surface area contributed by atoms with Crippen molar-refractivity contribution in [3.63, 3.8) is 0 Å². The third kappa shape index (κ3) is 3.80. The van der Waals surface area contributed by atoms with Crippen LogP contribution in [0.2, 0.25) is 0 Å². The van der Waals surface area contributed by atoms with E-state index in [2.05, 4.69) is 17.1 Å². The number of piperazine rings is 1. The van der Waals surface area contributed by atoms with Crippen LogP contribution in [0.25, 0.3) is 0 Å². The van der Waals surface area contributed by atoms with Crippen LogP contribution in [0.4, 0.5) is 0 Å². The number of carbonyl (C=O) groups is 1. The van der Waals surface area contributed by atoms with E-state index >= 15 is 0 Å². The molecule has 0 radical (unpaired) electrons. The Kier molecular flexibility index (Phi) is 5.05. The Labute approximate surface area is 92.0 Å². The highest BCUT2D eigenvalue weighted by atomic mass is 16.5. The molecule has 2 atom stereocenters. The largest absolute Gasteiger partial charge is 0.466 e. The van der Waals surface area contributed by atoms with Crippen LogP contribution in [0.15, 0.2) is 0 Å². The average molecular weight is 214 g/mol. The Bertz CT molecular complexity index is 209. The van der Waals surface area contributed by atoms with Crippen LogP contribution in [0.1, 0.15) is 20.8 Å². The van der Waals surface area contributed by atoms with Gasteiger partial charge in [0.15, 0.2) is 0 Å². The fourth-order valence-corrected chi connectivity index (χ4v) is 1.87. The molecule has 1 fully saturated rings. The van der Waals surface area contributed by atoms with Gasteiger partial charge >= 0.3 is 5.97 Å². The van der Waals surface area contributed by atoms with Gasteiger partial charge in [-0.3, -0.25) is 9.69 Å². The van der Waals surface area contributed by atoms with Crippen LogP contribution < -0.4 is 5.32 Å². The van der Waals surface area contributed by atoms with E-state index in [4.69, 9.17) is 4.74 Å². The van der Waals surface area contributed by atoms with E-state index in [1.165, 1.54) is 0 Å². The third-order valence-corrected chi connectivity index (χ3v) is 2.84. The lowest BCUT2D eigenvalue weighted by molar-refractivity contribution is -0.148. The zero-order valence-electron chi connectivity index (χ0n) is 9.95. The monoisotopic (exact) mass is 214 g/mol. The Hall–Kier alpha value is -0.610. The Morgan fingerprint density at radius 2 is 2.40 bits per heavy atom. The summed E-state index contributed by atoms with van der Waals surface area (Å²) < 4.78 is 5.00. The number of hydrogen-bond donors (Lipinski definition) is 1. The van der Waals surface area contributed by atoms with Gasteiger partial charge in [-0.2, -0.15) is 0 Å². The quantitative estimate of drug-likeness (QED) is 0.691. The van der Waals surface area contributed by atoms with Crippen molar-refractivity contribution in [2.24, 2.45) is 5.92 Å². The molecule has 0 spiro atoms. The van der Waals surface area contributed by atoms with Gasteiger partial charge in [0.25, 0.3) is 0 Å². The van der Waals surface area contributed by atoms with Crippen LogP contribution in [-0.2, 0) is 9.53 Å². The number of esters is 1. The van der Waals surface area contributed by atoms with E-state index in [0.717, 1.165) is 26.2 Å². The maximum absolute atomic E-state index is 11.5. The summed E-state index contributed by atoms with van der Waals surface area (Å²) in [4.78, 5) is 13.8. The van der Waals surface area contributed by atoms with Crippen LogP contribution in [0.5, 0.6) is 0 Å². The number of nitrogens with zero attached hydrogens (tertiary/aromatic N) is 1. The topological polar surface area (TPSA) is 41.6 Å².